The number of carbonyl (C=O) groups excluding carboxylic acids is 2. The molecule has 0 heterocycles. The predicted octanol–water partition coefficient (Wildman–Crippen LogP) is 7.36. The number of ketones is 1. The van der Waals surface area contributed by atoms with Crippen LogP contribution in [0.4, 0.5) is 0 Å². The van der Waals surface area contributed by atoms with E-state index >= 15 is 0 Å². The predicted molar refractivity (Wildman–Crippen MR) is 140 cm³/mol. The Morgan fingerprint density at radius 2 is 1.24 bits per heavy atom. The summed E-state index contributed by atoms with van der Waals surface area (Å²) in [5.41, 5.74) is 0.314. The molecule has 0 amide bonds. The van der Waals surface area contributed by atoms with Gasteiger partial charge in [-0.25, -0.2) is 0 Å². The first kappa shape index (κ1) is 32.1. The zero-order valence-corrected chi connectivity index (χ0v) is 22.9. The molecular formula is C27H46O6P+. The molecule has 0 spiro atoms. The van der Waals surface area contributed by atoms with Crippen molar-refractivity contribution in [1.29, 1.82) is 0 Å². The number of Topliss-reactive ketones (excluding diaryl/α,β-unsaturated/α-hetero) is 1. The van der Waals surface area contributed by atoms with Crippen molar-refractivity contribution in [3.8, 4) is 11.5 Å². The minimum atomic E-state index is -0.830. The molecule has 6 nitrogen and oxygen atoms in total. The first-order chi connectivity index (χ1) is 16.6. The molecule has 1 rings (SSSR count). The fourth-order valence-corrected chi connectivity index (χ4v) is 3.90. The van der Waals surface area contributed by atoms with Gasteiger partial charge in [0.05, 0.1) is 20.8 Å². The number of carbonyl (C=O) groups is 2. The highest BCUT2D eigenvalue weighted by Crippen LogP contribution is 2.32. The summed E-state index contributed by atoms with van der Waals surface area (Å²) in [5.74, 6) is -0.729. The highest BCUT2D eigenvalue weighted by Gasteiger charge is 2.32. The Morgan fingerprint density at radius 3 is 1.71 bits per heavy atom. The van der Waals surface area contributed by atoms with Crippen LogP contribution < -0.4 is 9.47 Å². The standard InChI is InChI=1S/C27H44O5.H2OP/c1-5-7-9-10-11-12-13-14-15-16-21-32-27(29)22(18-8-6-2)26(28)25-23(30-3)19-17-20-24(25)31-4;1-2/h17,19-20,22H,5-16,18,21H2,1-4H3;2H2/q;+1. The van der Waals surface area contributed by atoms with Gasteiger partial charge in [0.15, 0.2) is 5.78 Å². The second-order valence-electron chi connectivity index (χ2n) is 8.45. The van der Waals surface area contributed by atoms with E-state index in [1.165, 1.54) is 74.7 Å². The van der Waals surface area contributed by atoms with Gasteiger partial charge in [-0.05, 0) is 25.0 Å². The van der Waals surface area contributed by atoms with Crippen LogP contribution in [0.25, 0.3) is 0 Å². The van der Waals surface area contributed by atoms with Gasteiger partial charge < -0.3 is 14.2 Å². The Labute approximate surface area is 208 Å². The Hall–Kier alpha value is -1.94. The number of rotatable bonds is 19. The van der Waals surface area contributed by atoms with E-state index in [0.29, 0.717) is 30.1 Å². The highest BCUT2D eigenvalue weighted by molar-refractivity contribution is 7.00. The van der Waals surface area contributed by atoms with Crippen LogP contribution in [-0.2, 0) is 14.1 Å². The molecule has 0 aliphatic heterocycles. The average Bonchev–Trinajstić information content (AvgIpc) is 2.87. The lowest BCUT2D eigenvalue weighted by molar-refractivity contribution is -0.147. The van der Waals surface area contributed by atoms with Crippen molar-refractivity contribution < 1.29 is 28.4 Å². The van der Waals surface area contributed by atoms with Gasteiger partial charge in [0, 0.05) is 0 Å². The van der Waals surface area contributed by atoms with Gasteiger partial charge in [-0.3, -0.25) is 9.59 Å². The van der Waals surface area contributed by atoms with Crippen LogP contribution in [0.2, 0.25) is 0 Å². The molecule has 0 fully saturated rings. The van der Waals surface area contributed by atoms with E-state index in [2.05, 4.69) is 6.92 Å². The molecule has 194 valence electrons. The van der Waals surface area contributed by atoms with Crippen molar-refractivity contribution in [2.24, 2.45) is 5.92 Å². The van der Waals surface area contributed by atoms with Gasteiger partial charge in [-0.1, -0.05) is 95.1 Å². The van der Waals surface area contributed by atoms with E-state index in [4.69, 9.17) is 18.8 Å². The monoisotopic (exact) mass is 497 g/mol. The Balaban J connectivity index is 0.00000529. The second kappa shape index (κ2) is 21.6. The lowest BCUT2D eigenvalue weighted by Crippen LogP contribution is -2.27. The van der Waals surface area contributed by atoms with Crippen LogP contribution in [0.3, 0.4) is 0 Å². The van der Waals surface area contributed by atoms with Gasteiger partial charge in [-0.15, -0.1) is 0 Å². The van der Waals surface area contributed by atoms with Crippen LogP contribution in [0.5, 0.6) is 11.5 Å². The number of esters is 1. The lowest BCUT2D eigenvalue weighted by atomic mass is 9.91. The molecule has 2 unspecified atom stereocenters. The Bertz CT molecular complexity index is 657. The second-order valence-corrected chi connectivity index (χ2v) is 8.45. The van der Waals surface area contributed by atoms with Gasteiger partial charge in [0.25, 0.3) is 0 Å². The van der Waals surface area contributed by atoms with Crippen molar-refractivity contribution in [3.63, 3.8) is 0 Å². The highest BCUT2D eigenvalue weighted by atomic mass is 31.0. The molecule has 1 aromatic rings. The number of methoxy groups -OCH3 is 2. The summed E-state index contributed by atoms with van der Waals surface area (Å²) in [7, 11) is 4.19. The maximum atomic E-state index is 13.3. The molecular weight excluding hydrogens is 451 g/mol. The van der Waals surface area contributed by atoms with E-state index in [-0.39, 0.29) is 5.78 Å². The number of ether oxygens (including phenoxy) is 3. The first-order valence-electron chi connectivity index (χ1n) is 12.8. The van der Waals surface area contributed by atoms with E-state index < -0.39 is 11.9 Å². The molecule has 1 aromatic carbocycles. The minimum Gasteiger partial charge on any atom is -0.496 e. The summed E-state index contributed by atoms with van der Waals surface area (Å²) >= 11 is 0. The summed E-state index contributed by atoms with van der Waals surface area (Å²) in [6, 6.07) is 5.18. The van der Waals surface area contributed by atoms with Gasteiger partial charge in [-0.2, -0.15) is 0 Å². The molecule has 0 radical (unpaired) electrons. The maximum absolute atomic E-state index is 13.3. The van der Waals surface area contributed by atoms with Crippen LogP contribution in [-0.4, -0.2) is 32.6 Å². The summed E-state index contributed by atoms with van der Waals surface area (Å²) < 4.78 is 24.4. The zero-order chi connectivity index (χ0) is 25.6. The molecule has 34 heavy (non-hydrogen) atoms. The van der Waals surface area contributed by atoms with E-state index in [0.717, 1.165) is 25.7 Å². The van der Waals surface area contributed by atoms with Crippen LogP contribution in [0, 0.1) is 5.92 Å². The van der Waals surface area contributed by atoms with Crippen molar-refractivity contribution in [2.45, 2.75) is 97.3 Å². The van der Waals surface area contributed by atoms with Gasteiger partial charge >= 0.3 is 15.1 Å². The zero-order valence-electron chi connectivity index (χ0n) is 21.7. The van der Waals surface area contributed by atoms with E-state index in [1.807, 2.05) is 6.92 Å². The third-order valence-corrected chi connectivity index (χ3v) is 5.86. The molecule has 0 saturated heterocycles. The summed E-state index contributed by atoms with van der Waals surface area (Å²) in [6.07, 6.45) is 14.4. The Morgan fingerprint density at radius 1 is 0.765 bits per heavy atom. The van der Waals surface area contributed by atoms with Crippen molar-refractivity contribution in [1.82, 2.24) is 0 Å². The van der Waals surface area contributed by atoms with Crippen LogP contribution in [0.15, 0.2) is 18.2 Å². The molecule has 0 aromatic heterocycles. The van der Waals surface area contributed by atoms with Gasteiger partial charge in [0.1, 0.15) is 23.0 Å². The fraction of sp³-hybridized carbons (Fsp3) is 0.704. The summed E-state index contributed by atoms with van der Waals surface area (Å²) in [4.78, 5) is 26.1. The fourth-order valence-electron chi connectivity index (χ4n) is 3.90. The first-order valence-corrected chi connectivity index (χ1v) is 13.2. The lowest BCUT2D eigenvalue weighted by Gasteiger charge is -2.18. The smallest absolute Gasteiger partial charge is 0.316 e. The van der Waals surface area contributed by atoms with Crippen LogP contribution in [0.1, 0.15) is 108 Å². The number of benzene rings is 1. The van der Waals surface area contributed by atoms with Crippen molar-refractivity contribution in [3.05, 3.63) is 23.8 Å². The molecule has 7 heteroatoms. The molecule has 2 atom stereocenters. The van der Waals surface area contributed by atoms with Crippen LogP contribution >= 0.6 is 9.12 Å². The molecule has 0 bridgehead atoms. The SMILES string of the molecule is CCCCCCCCCCCCOC(=O)C(CCCC)C(=O)c1c(OC)cccc1OC.O=[PH2+]. The molecule has 0 N–H and O–H groups in total. The van der Waals surface area contributed by atoms with E-state index in [1.54, 1.807) is 18.2 Å². The van der Waals surface area contributed by atoms with Gasteiger partial charge in [0.2, 0.25) is 0 Å². The molecule has 0 saturated carbocycles. The third-order valence-electron chi connectivity index (χ3n) is 5.86. The van der Waals surface area contributed by atoms with Crippen molar-refractivity contribution >= 4 is 20.9 Å². The normalized spacial score (nSPS) is 11.2. The number of hydrogen-bond acceptors (Lipinski definition) is 6. The maximum Gasteiger partial charge on any atom is 0.316 e. The van der Waals surface area contributed by atoms with Crippen molar-refractivity contribution in [2.75, 3.05) is 20.8 Å². The largest absolute Gasteiger partial charge is 0.496 e. The summed E-state index contributed by atoms with van der Waals surface area (Å²) in [5, 5.41) is 0. The molecule has 0 aliphatic carbocycles. The topological polar surface area (TPSA) is 78.9 Å². The quantitative estimate of drug-likeness (QED) is 0.0653. The summed E-state index contributed by atoms with van der Waals surface area (Å²) in [6.45, 7) is 4.65. The number of unbranched alkanes of at least 4 members (excludes halogenated alkanes) is 10. The van der Waals surface area contributed by atoms with E-state index in [9.17, 15) is 9.59 Å². The minimum absolute atomic E-state index is 0.291. The molecule has 0 aliphatic rings. The Kier molecular flexibility index (Phi) is 20.4. The number of hydrogen-bond donors (Lipinski definition) is 0. The average molecular weight is 498 g/mol. The third kappa shape index (κ3) is 12.5.